The molecule has 1 saturated carbocycles. The molecule has 2 amide bonds. The monoisotopic (exact) mass is 707 g/mol. The van der Waals surface area contributed by atoms with E-state index >= 15 is 0 Å². The standard InChI is InChI=1S/C35H49N9O7/c1-25-38-33(36)32-34(39-25)44(35(47)40-32)24-27-6-8-28(9-7-27)30-10-13-42(41-30)14-15-43(29-4-3-5-29)31(46)11-16-48-18-20-50-22-23-51-21-19-49-17-12-37-26(2)45/h6-10,13,29H,3-5,11-12,14-24H2,1-2H3,(H,37,45)(H,40,47)(H2,36,38,39). The van der Waals surface area contributed by atoms with Crippen molar-refractivity contribution in [3.63, 3.8) is 0 Å². The van der Waals surface area contributed by atoms with Crippen LogP contribution >= 0.6 is 0 Å². The number of benzene rings is 1. The topological polar surface area (TPSA) is 194 Å². The highest BCUT2D eigenvalue weighted by molar-refractivity contribution is 5.81. The summed E-state index contributed by atoms with van der Waals surface area (Å²) in [7, 11) is 0. The van der Waals surface area contributed by atoms with Gasteiger partial charge in [-0.05, 0) is 37.8 Å². The van der Waals surface area contributed by atoms with Gasteiger partial charge in [-0.3, -0.25) is 18.8 Å². The van der Waals surface area contributed by atoms with Crippen molar-refractivity contribution in [1.82, 2.24) is 39.5 Å². The predicted octanol–water partition coefficient (Wildman–Crippen LogP) is 1.90. The molecule has 4 N–H and O–H groups in total. The quantitative estimate of drug-likeness (QED) is 0.101. The molecule has 0 spiro atoms. The molecule has 3 heterocycles. The summed E-state index contributed by atoms with van der Waals surface area (Å²) in [6, 6.07) is 10.1. The van der Waals surface area contributed by atoms with Crippen molar-refractivity contribution in [3.8, 4) is 11.3 Å². The second-order valence-corrected chi connectivity index (χ2v) is 12.4. The Morgan fingerprint density at radius 3 is 2.27 bits per heavy atom. The molecule has 0 saturated heterocycles. The van der Waals surface area contributed by atoms with Crippen LogP contribution in [0.2, 0.25) is 0 Å². The van der Waals surface area contributed by atoms with Crippen LogP contribution in [0.4, 0.5) is 5.82 Å². The van der Waals surface area contributed by atoms with Crippen molar-refractivity contribution in [1.29, 1.82) is 0 Å². The fourth-order valence-electron chi connectivity index (χ4n) is 5.70. The molecule has 1 aliphatic carbocycles. The first-order valence-corrected chi connectivity index (χ1v) is 17.5. The summed E-state index contributed by atoms with van der Waals surface area (Å²) >= 11 is 0. The molecule has 0 aliphatic heterocycles. The Morgan fingerprint density at radius 2 is 1.63 bits per heavy atom. The number of nitrogens with one attached hydrogen (secondary N) is 2. The number of nitrogens with zero attached hydrogens (tertiary/aromatic N) is 6. The number of hydrogen-bond acceptors (Lipinski definition) is 11. The first-order chi connectivity index (χ1) is 24.8. The number of aryl methyl sites for hydroxylation is 1. The van der Waals surface area contributed by atoms with Crippen LogP contribution in [0.15, 0.2) is 41.3 Å². The zero-order valence-electron chi connectivity index (χ0n) is 29.5. The molecule has 3 aromatic heterocycles. The number of hydrogen-bond donors (Lipinski definition) is 3. The molecule has 16 heteroatoms. The van der Waals surface area contributed by atoms with Gasteiger partial charge in [0, 0.05) is 37.8 Å². The lowest BCUT2D eigenvalue weighted by molar-refractivity contribution is -0.136. The average molecular weight is 708 g/mol. The summed E-state index contributed by atoms with van der Waals surface area (Å²) in [5.41, 5.74) is 9.32. The number of aromatic nitrogens is 6. The summed E-state index contributed by atoms with van der Waals surface area (Å²) in [5.74, 6) is 0.771. The average Bonchev–Trinajstić information content (AvgIpc) is 3.68. The number of anilines is 1. The molecule has 51 heavy (non-hydrogen) atoms. The molecule has 16 nitrogen and oxygen atoms in total. The molecular weight excluding hydrogens is 658 g/mol. The summed E-state index contributed by atoms with van der Waals surface area (Å²) in [5, 5.41) is 7.43. The van der Waals surface area contributed by atoms with E-state index in [-0.39, 0.29) is 29.4 Å². The van der Waals surface area contributed by atoms with E-state index in [0.29, 0.717) is 102 Å². The molecule has 0 bridgehead atoms. The van der Waals surface area contributed by atoms with Crippen LogP contribution in [0.1, 0.15) is 44.0 Å². The van der Waals surface area contributed by atoms with Crippen LogP contribution in [-0.2, 0) is 41.6 Å². The van der Waals surface area contributed by atoms with Crippen LogP contribution < -0.4 is 16.7 Å². The number of imidazole rings is 1. The van der Waals surface area contributed by atoms with Gasteiger partial charge in [0.2, 0.25) is 11.8 Å². The van der Waals surface area contributed by atoms with Gasteiger partial charge in [0.1, 0.15) is 11.3 Å². The highest BCUT2D eigenvalue weighted by atomic mass is 16.6. The van der Waals surface area contributed by atoms with E-state index in [0.717, 1.165) is 36.1 Å². The Bertz CT molecular complexity index is 1770. The zero-order valence-corrected chi connectivity index (χ0v) is 29.5. The number of carbonyl (C=O) groups is 2. The number of rotatable bonds is 22. The van der Waals surface area contributed by atoms with Crippen LogP contribution in [0, 0.1) is 6.92 Å². The van der Waals surface area contributed by atoms with Crippen molar-refractivity contribution >= 4 is 28.8 Å². The molecular formula is C35H49N9O7. The summed E-state index contributed by atoms with van der Waals surface area (Å²) in [4.78, 5) is 49.8. The fraction of sp³-hybridized carbons (Fsp3) is 0.543. The van der Waals surface area contributed by atoms with Gasteiger partial charge >= 0.3 is 5.69 Å². The molecule has 4 aromatic rings. The van der Waals surface area contributed by atoms with Crippen molar-refractivity contribution in [2.45, 2.75) is 58.7 Å². The van der Waals surface area contributed by atoms with Gasteiger partial charge in [-0.2, -0.15) is 5.10 Å². The normalized spacial score (nSPS) is 13.1. The Balaban J connectivity index is 0.991. The van der Waals surface area contributed by atoms with E-state index in [9.17, 15) is 14.4 Å². The highest BCUT2D eigenvalue weighted by Crippen LogP contribution is 2.26. The van der Waals surface area contributed by atoms with E-state index in [2.05, 4.69) is 20.3 Å². The number of nitrogens with two attached hydrogens (primary N) is 1. The minimum absolute atomic E-state index is 0.0736. The third-order valence-corrected chi connectivity index (χ3v) is 8.60. The highest BCUT2D eigenvalue weighted by Gasteiger charge is 2.28. The van der Waals surface area contributed by atoms with Crippen LogP contribution in [0.3, 0.4) is 0 Å². The number of ether oxygens (including phenoxy) is 4. The molecule has 0 radical (unpaired) electrons. The maximum absolute atomic E-state index is 13.1. The maximum Gasteiger partial charge on any atom is 0.328 e. The van der Waals surface area contributed by atoms with Crippen molar-refractivity contribution in [2.24, 2.45) is 0 Å². The first-order valence-electron chi connectivity index (χ1n) is 17.5. The number of nitrogen functional groups attached to an aromatic ring is 1. The lowest BCUT2D eigenvalue weighted by Gasteiger charge is -2.37. The lowest BCUT2D eigenvalue weighted by Crippen LogP contribution is -2.46. The second kappa shape index (κ2) is 19.1. The van der Waals surface area contributed by atoms with Gasteiger partial charge in [-0.25, -0.2) is 14.8 Å². The van der Waals surface area contributed by atoms with Crippen LogP contribution in [-0.4, -0.2) is 118 Å². The van der Waals surface area contributed by atoms with Crippen molar-refractivity contribution in [2.75, 3.05) is 71.7 Å². The van der Waals surface area contributed by atoms with Gasteiger partial charge in [0.25, 0.3) is 0 Å². The smallest absolute Gasteiger partial charge is 0.328 e. The molecule has 1 fully saturated rings. The molecule has 5 rings (SSSR count). The van der Waals surface area contributed by atoms with E-state index in [1.54, 1.807) is 11.5 Å². The number of fused-ring (bicyclic) bond motifs is 1. The summed E-state index contributed by atoms with van der Waals surface area (Å²) in [6.07, 6.45) is 5.43. The molecule has 1 aliphatic rings. The largest absolute Gasteiger partial charge is 0.382 e. The zero-order chi connectivity index (χ0) is 36.0. The Labute approximate surface area is 296 Å². The van der Waals surface area contributed by atoms with Gasteiger partial charge < -0.3 is 39.9 Å². The summed E-state index contributed by atoms with van der Waals surface area (Å²) < 4.78 is 25.4. The second-order valence-electron chi connectivity index (χ2n) is 12.4. The third kappa shape index (κ3) is 11.2. The molecule has 276 valence electrons. The lowest BCUT2D eigenvalue weighted by atomic mass is 9.91. The predicted molar refractivity (Wildman–Crippen MR) is 190 cm³/mol. The molecule has 0 atom stereocenters. The van der Waals surface area contributed by atoms with Gasteiger partial charge in [0.15, 0.2) is 11.5 Å². The van der Waals surface area contributed by atoms with E-state index < -0.39 is 0 Å². The van der Waals surface area contributed by atoms with Gasteiger partial charge in [-0.15, -0.1) is 0 Å². The van der Waals surface area contributed by atoms with Gasteiger partial charge in [-0.1, -0.05) is 24.3 Å². The van der Waals surface area contributed by atoms with Crippen LogP contribution in [0.25, 0.3) is 22.4 Å². The van der Waals surface area contributed by atoms with Crippen LogP contribution in [0.5, 0.6) is 0 Å². The third-order valence-electron chi connectivity index (χ3n) is 8.60. The Morgan fingerprint density at radius 1 is 0.961 bits per heavy atom. The Kier molecular flexibility index (Phi) is 14.1. The first kappa shape index (κ1) is 37.6. The number of H-pyrrole nitrogens is 1. The van der Waals surface area contributed by atoms with E-state index in [1.165, 1.54) is 6.92 Å². The molecule has 1 aromatic carbocycles. The van der Waals surface area contributed by atoms with E-state index in [4.69, 9.17) is 29.8 Å². The number of amides is 2. The SMILES string of the molecule is CC(=O)NCCOCCOCCOCCOCCC(=O)N(CCn1ccc(-c2ccc(Cn3c(=O)[nH]c4c(N)nc(C)nc43)cc2)n1)C1CCC1. The van der Waals surface area contributed by atoms with Crippen molar-refractivity contribution in [3.05, 3.63) is 58.4 Å². The number of carbonyl (C=O) groups excluding carboxylic acids is 2. The Hall–Kier alpha value is -4.64. The minimum atomic E-state index is -0.291. The minimum Gasteiger partial charge on any atom is -0.382 e. The fourth-order valence-corrected chi connectivity index (χ4v) is 5.70. The maximum atomic E-state index is 13.1. The van der Waals surface area contributed by atoms with Crippen molar-refractivity contribution < 1.29 is 28.5 Å². The van der Waals surface area contributed by atoms with E-state index in [1.807, 2.05) is 46.1 Å². The molecule has 0 unspecified atom stereocenters. The van der Waals surface area contributed by atoms with Gasteiger partial charge in [0.05, 0.1) is 78.1 Å². The summed E-state index contributed by atoms with van der Waals surface area (Å²) in [6.45, 7) is 8.67. The number of aromatic amines is 1.